The molecule has 4 nitrogen and oxygen atoms in total. The quantitative estimate of drug-likeness (QED) is 0.608. The van der Waals surface area contributed by atoms with E-state index in [1.54, 1.807) is 4.90 Å². The number of halogens is 6. The van der Waals surface area contributed by atoms with Gasteiger partial charge in [-0.05, 0) is 23.8 Å². The minimum Gasteiger partial charge on any atom is -0.379 e. The smallest absolute Gasteiger partial charge is 0.379 e. The molecular weight excluding hydrogens is 342 g/mol. The number of ether oxygens (including phenoxy) is 1. The molecule has 0 bridgehead atoms. The summed E-state index contributed by atoms with van der Waals surface area (Å²) in [5.74, 6) is 0. The summed E-state index contributed by atoms with van der Waals surface area (Å²) >= 11 is 0. The van der Waals surface area contributed by atoms with Crippen molar-refractivity contribution < 1.29 is 31.1 Å². The molecule has 0 radical (unpaired) electrons. The molecule has 0 amide bonds. The lowest BCUT2D eigenvalue weighted by atomic mass is 9.99. The van der Waals surface area contributed by atoms with Gasteiger partial charge in [0.15, 0.2) is 0 Å². The first-order valence-electron chi connectivity index (χ1n) is 7.03. The molecule has 2 rings (SSSR count). The van der Waals surface area contributed by atoms with Crippen LogP contribution in [0.4, 0.5) is 26.3 Å². The van der Waals surface area contributed by atoms with E-state index >= 15 is 0 Å². The molecule has 1 atom stereocenters. The summed E-state index contributed by atoms with van der Waals surface area (Å²) in [5.41, 5.74) is -3.32. The predicted molar refractivity (Wildman–Crippen MR) is 72.2 cm³/mol. The highest BCUT2D eigenvalue weighted by Crippen LogP contribution is 2.38. The Kier molecular flexibility index (Phi) is 5.49. The summed E-state index contributed by atoms with van der Waals surface area (Å²) in [5, 5.41) is 2.73. The molecule has 134 valence electrons. The fourth-order valence-corrected chi connectivity index (χ4v) is 2.40. The van der Waals surface area contributed by atoms with E-state index in [9.17, 15) is 31.2 Å². The maximum absolute atomic E-state index is 12.9. The van der Waals surface area contributed by atoms with Crippen LogP contribution in [0.3, 0.4) is 0 Å². The lowest BCUT2D eigenvalue weighted by Crippen LogP contribution is -2.38. The zero-order chi connectivity index (χ0) is 18.0. The summed E-state index contributed by atoms with van der Waals surface area (Å²) in [6.45, 7) is 1.55. The van der Waals surface area contributed by atoms with Crippen molar-refractivity contribution in [1.29, 1.82) is 0 Å². The second-order valence-corrected chi connectivity index (χ2v) is 5.37. The highest BCUT2D eigenvalue weighted by atomic mass is 19.4. The summed E-state index contributed by atoms with van der Waals surface area (Å²) in [6, 6.07) is -0.213. The zero-order valence-corrected chi connectivity index (χ0v) is 12.3. The highest BCUT2D eigenvalue weighted by molar-refractivity contribution is 5.35. The Bertz CT molecular complexity index is 549. The van der Waals surface area contributed by atoms with Crippen molar-refractivity contribution in [2.75, 3.05) is 32.8 Å². The van der Waals surface area contributed by atoms with Gasteiger partial charge in [-0.1, -0.05) is 5.18 Å². The van der Waals surface area contributed by atoms with Gasteiger partial charge in [-0.2, -0.15) is 31.2 Å². The van der Waals surface area contributed by atoms with Gasteiger partial charge in [0.1, 0.15) is 6.04 Å². The van der Waals surface area contributed by atoms with Gasteiger partial charge < -0.3 is 4.74 Å². The van der Waals surface area contributed by atoms with Crippen LogP contribution in [-0.4, -0.2) is 37.7 Å². The molecule has 1 unspecified atom stereocenters. The second-order valence-electron chi connectivity index (χ2n) is 5.37. The molecule has 0 aliphatic carbocycles. The number of nitrogens with zero attached hydrogens (tertiary/aromatic N) is 2. The van der Waals surface area contributed by atoms with Crippen molar-refractivity contribution in [3.05, 3.63) is 39.8 Å². The Morgan fingerprint density at radius 2 is 1.50 bits per heavy atom. The standard InChI is InChI=1S/C14H14F6N2O2/c15-13(16,17)10-5-9(6-11(7-10)14(18,19)20)12(21-23)8-22-1-3-24-4-2-22/h5-7,12H,1-4,8H2. The van der Waals surface area contributed by atoms with E-state index in [2.05, 4.69) is 5.18 Å². The lowest BCUT2D eigenvalue weighted by Gasteiger charge is -2.28. The Morgan fingerprint density at radius 1 is 1.00 bits per heavy atom. The summed E-state index contributed by atoms with van der Waals surface area (Å²) in [4.78, 5) is 12.7. The van der Waals surface area contributed by atoms with E-state index in [0.29, 0.717) is 38.4 Å². The molecule has 1 aliphatic rings. The summed E-state index contributed by atoms with van der Waals surface area (Å²) in [7, 11) is 0. The van der Waals surface area contributed by atoms with Crippen LogP contribution in [0, 0.1) is 4.91 Å². The molecule has 1 aromatic carbocycles. The first-order valence-corrected chi connectivity index (χ1v) is 7.03. The number of rotatable bonds is 4. The van der Waals surface area contributed by atoms with Crippen molar-refractivity contribution in [1.82, 2.24) is 4.90 Å². The average molecular weight is 356 g/mol. The lowest BCUT2D eigenvalue weighted by molar-refractivity contribution is -0.143. The number of benzene rings is 1. The Balaban J connectivity index is 2.36. The largest absolute Gasteiger partial charge is 0.416 e. The fourth-order valence-electron chi connectivity index (χ4n) is 2.40. The highest BCUT2D eigenvalue weighted by Gasteiger charge is 2.37. The Labute approximate surface area is 133 Å². The first-order chi connectivity index (χ1) is 11.1. The zero-order valence-electron chi connectivity index (χ0n) is 12.3. The third kappa shape index (κ3) is 4.67. The molecule has 0 spiro atoms. The average Bonchev–Trinajstić information content (AvgIpc) is 2.51. The number of hydrogen-bond donors (Lipinski definition) is 0. The maximum atomic E-state index is 12.9. The minimum atomic E-state index is -4.96. The van der Waals surface area contributed by atoms with Crippen molar-refractivity contribution in [3.8, 4) is 0 Å². The van der Waals surface area contributed by atoms with Crippen LogP contribution in [0.25, 0.3) is 0 Å². The number of hydrogen-bond acceptors (Lipinski definition) is 4. The van der Waals surface area contributed by atoms with E-state index in [1.807, 2.05) is 0 Å². The molecule has 1 saturated heterocycles. The third-order valence-corrected chi connectivity index (χ3v) is 3.66. The van der Waals surface area contributed by atoms with Crippen LogP contribution < -0.4 is 0 Å². The minimum absolute atomic E-state index is 0.0279. The van der Waals surface area contributed by atoms with Crippen LogP contribution in [-0.2, 0) is 17.1 Å². The van der Waals surface area contributed by atoms with Crippen LogP contribution >= 0.6 is 0 Å². The molecular formula is C14H14F6N2O2. The van der Waals surface area contributed by atoms with E-state index < -0.39 is 35.1 Å². The van der Waals surface area contributed by atoms with Gasteiger partial charge in [-0.15, -0.1) is 0 Å². The van der Waals surface area contributed by atoms with Gasteiger partial charge in [0, 0.05) is 19.6 Å². The molecule has 0 saturated carbocycles. The van der Waals surface area contributed by atoms with E-state index in [1.165, 1.54) is 0 Å². The third-order valence-electron chi connectivity index (χ3n) is 3.66. The molecule has 10 heteroatoms. The van der Waals surface area contributed by atoms with Crippen LogP contribution in [0.2, 0.25) is 0 Å². The van der Waals surface area contributed by atoms with Crippen molar-refractivity contribution >= 4 is 0 Å². The van der Waals surface area contributed by atoms with E-state index in [0.717, 1.165) is 0 Å². The summed E-state index contributed by atoms with van der Waals surface area (Å²) < 4.78 is 82.3. The number of nitroso groups, excluding NO2 is 1. The maximum Gasteiger partial charge on any atom is 0.416 e. The van der Waals surface area contributed by atoms with Crippen LogP contribution in [0.1, 0.15) is 22.7 Å². The van der Waals surface area contributed by atoms with Crippen molar-refractivity contribution in [3.63, 3.8) is 0 Å². The van der Waals surface area contributed by atoms with Gasteiger partial charge in [0.05, 0.1) is 24.3 Å². The molecule has 24 heavy (non-hydrogen) atoms. The molecule has 1 fully saturated rings. The van der Waals surface area contributed by atoms with Gasteiger partial charge in [-0.25, -0.2) is 0 Å². The SMILES string of the molecule is O=NC(CN1CCOCC1)c1cc(C(F)(F)F)cc(C(F)(F)F)c1. The monoisotopic (exact) mass is 356 g/mol. The van der Waals surface area contributed by atoms with Crippen molar-refractivity contribution in [2.45, 2.75) is 18.4 Å². The fraction of sp³-hybridized carbons (Fsp3) is 0.571. The Hall–Kier alpha value is -1.68. The summed E-state index contributed by atoms with van der Waals surface area (Å²) in [6.07, 6.45) is -9.91. The molecule has 1 aromatic rings. The van der Waals surface area contributed by atoms with Gasteiger partial charge >= 0.3 is 12.4 Å². The van der Waals surface area contributed by atoms with Gasteiger partial charge in [-0.3, -0.25) is 4.90 Å². The van der Waals surface area contributed by atoms with Crippen molar-refractivity contribution in [2.24, 2.45) is 5.18 Å². The van der Waals surface area contributed by atoms with E-state index in [-0.39, 0.29) is 12.6 Å². The molecule has 1 aliphatic heterocycles. The number of morpholine rings is 1. The van der Waals surface area contributed by atoms with Gasteiger partial charge in [0.25, 0.3) is 0 Å². The topological polar surface area (TPSA) is 41.9 Å². The van der Waals surface area contributed by atoms with Crippen LogP contribution in [0.15, 0.2) is 23.4 Å². The van der Waals surface area contributed by atoms with E-state index in [4.69, 9.17) is 4.74 Å². The predicted octanol–water partition coefficient (Wildman–Crippen LogP) is 3.86. The Morgan fingerprint density at radius 3 is 1.92 bits per heavy atom. The normalized spacial score (nSPS) is 18.4. The molecule has 0 aromatic heterocycles. The molecule has 0 N–H and O–H groups in total. The second kappa shape index (κ2) is 7.06. The van der Waals surface area contributed by atoms with Gasteiger partial charge in [0.2, 0.25) is 0 Å². The van der Waals surface area contributed by atoms with Crippen LogP contribution in [0.5, 0.6) is 0 Å². The number of alkyl halides is 6. The first kappa shape index (κ1) is 18.7. The molecule has 1 heterocycles.